The number of rotatable bonds is 4. The summed E-state index contributed by atoms with van der Waals surface area (Å²) < 4.78 is 12.6. The summed E-state index contributed by atoms with van der Waals surface area (Å²) in [7, 11) is 0. The molecule has 11 heteroatoms. The second kappa shape index (κ2) is 7.15. The lowest BCUT2D eigenvalue weighted by atomic mass is 10.1. The van der Waals surface area contributed by atoms with Crippen LogP contribution in [0.15, 0.2) is 24.5 Å². The van der Waals surface area contributed by atoms with Gasteiger partial charge in [-0.3, -0.25) is 4.57 Å². The van der Waals surface area contributed by atoms with E-state index < -0.39 is 31.1 Å². The zero-order chi connectivity index (χ0) is 20.0. The molecule has 1 aliphatic rings. The van der Waals surface area contributed by atoms with Crippen molar-refractivity contribution in [3.63, 3.8) is 0 Å². The zero-order valence-electron chi connectivity index (χ0n) is 14.7. The number of benzene rings is 1. The molecule has 5 N–H and O–H groups in total. The van der Waals surface area contributed by atoms with Gasteiger partial charge in [0.25, 0.3) is 0 Å². The van der Waals surface area contributed by atoms with Crippen molar-refractivity contribution < 1.29 is 24.8 Å². The molecule has 0 radical (unpaired) electrons. The quantitative estimate of drug-likeness (QED) is 0.492. The molecule has 3 heterocycles. The average Bonchev–Trinajstić information content (AvgIpc) is 3.20. The summed E-state index contributed by atoms with van der Waals surface area (Å²) in [6, 6.07) is 5.07. The normalized spacial score (nSPS) is 24.8. The Morgan fingerprint density at radius 2 is 2.07 bits per heavy atom. The number of ether oxygens (including phenoxy) is 2. The van der Waals surface area contributed by atoms with Gasteiger partial charge in [-0.2, -0.15) is 9.97 Å². The maximum atomic E-state index is 10.3. The lowest BCUT2D eigenvalue weighted by Gasteiger charge is -2.16. The molecule has 0 unspecified atom stereocenters. The summed E-state index contributed by atoms with van der Waals surface area (Å²) in [6.45, 7) is 1.40. The minimum absolute atomic E-state index is 0.0276. The Kier molecular flexibility index (Phi) is 4.81. The number of nitrogens with two attached hydrogens (primary N) is 1. The fourth-order valence-corrected chi connectivity index (χ4v) is 3.16. The fourth-order valence-electron chi connectivity index (χ4n) is 3.05. The van der Waals surface area contributed by atoms with Gasteiger partial charge in [0.2, 0.25) is 0 Å². The first-order chi connectivity index (χ1) is 13.4. The van der Waals surface area contributed by atoms with Crippen molar-refractivity contribution in [3.8, 4) is 11.8 Å². The monoisotopic (exact) mass is 407 g/mol. The van der Waals surface area contributed by atoms with Crippen molar-refractivity contribution in [1.29, 1.82) is 0 Å². The van der Waals surface area contributed by atoms with Crippen molar-refractivity contribution >= 4 is 28.6 Å². The Morgan fingerprint density at radius 3 is 2.75 bits per heavy atom. The van der Waals surface area contributed by atoms with E-state index in [4.69, 9.17) is 26.8 Å². The molecule has 1 aliphatic heterocycles. The standard InChI is InChI=1S/C17H18ClN5O5/c1-7-4-8(2-3-9(7)18)27-17-21-14(19)11-15(22-17)23(6-20-11)16-13(26)12(25)10(5-24)28-16/h2-4,6,10,12-13,16,24-26H,5H2,1H3,(H2,19,21,22)/t10-,12-,13-,16-/m1/s1. The molecule has 1 fully saturated rings. The molecule has 28 heavy (non-hydrogen) atoms. The van der Waals surface area contributed by atoms with Gasteiger partial charge >= 0.3 is 6.01 Å². The molecule has 10 nitrogen and oxygen atoms in total. The molecule has 1 saturated heterocycles. The Morgan fingerprint density at radius 1 is 1.29 bits per heavy atom. The minimum atomic E-state index is -1.28. The highest BCUT2D eigenvalue weighted by molar-refractivity contribution is 6.31. The molecule has 0 aliphatic carbocycles. The van der Waals surface area contributed by atoms with Crippen LogP contribution in [-0.4, -0.2) is 59.8 Å². The van der Waals surface area contributed by atoms with Gasteiger partial charge in [-0.25, -0.2) is 4.98 Å². The second-order valence-electron chi connectivity index (χ2n) is 6.46. The first kappa shape index (κ1) is 18.8. The third-order valence-corrected chi connectivity index (χ3v) is 4.98. The van der Waals surface area contributed by atoms with Crippen LogP contribution in [0.25, 0.3) is 11.2 Å². The van der Waals surface area contributed by atoms with Gasteiger partial charge in [0.1, 0.15) is 24.1 Å². The van der Waals surface area contributed by atoms with Crippen molar-refractivity contribution in [2.45, 2.75) is 31.5 Å². The lowest BCUT2D eigenvalue weighted by Crippen LogP contribution is -2.33. The number of anilines is 1. The Hall–Kier alpha value is -2.50. The van der Waals surface area contributed by atoms with Crippen LogP contribution in [0.4, 0.5) is 5.82 Å². The largest absolute Gasteiger partial charge is 0.424 e. The van der Waals surface area contributed by atoms with E-state index in [-0.39, 0.29) is 23.0 Å². The number of nitrogens with zero attached hydrogens (tertiary/aromatic N) is 4. The van der Waals surface area contributed by atoms with E-state index in [9.17, 15) is 15.3 Å². The number of aliphatic hydroxyl groups excluding tert-OH is 3. The molecule has 148 valence electrons. The molecular formula is C17H18ClN5O5. The Balaban J connectivity index is 1.71. The van der Waals surface area contributed by atoms with Crippen LogP contribution in [0.1, 0.15) is 11.8 Å². The number of hydrogen-bond donors (Lipinski definition) is 4. The predicted octanol–water partition coefficient (Wildman–Crippen LogP) is 0.774. The molecule has 2 aromatic heterocycles. The number of hydrogen-bond acceptors (Lipinski definition) is 9. The van der Waals surface area contributed by atoms with E-state index in [1.165, 1.54) is 10.9 Å². The van der Waals surface area contributed by atoms with E-state index in [0.717, 1.165) is 5.56 Å². The zero-order valence-corrected chi connectivity index (χ0v) is 15.5. The highest BCUT2D eigenvalue weighted by Crippen LogP contribution is 2.33. The van der Waals surface area contributed by atoms with Crippen LogP contribution in [0, 0.1) is 6.92 Å². The van der Waals surface area contributed by atoms with Crippen LogP contribution in [0.2, 0.25) is 5.02 Å². The van der Waals surface area contributed by atoms with Gasteiger partial charge in [-0.15, -0.1) is 0 Å². The fraction of sp³-hybridized carbons (Fsp3) is 0.353. The highest BCUT2D eigenvalue weighted by atomic mass is 35.5. The molecular weight excluding hydrogens is 390 g/mol. The molecule has 0 saturated carbocycles. The summed E-state index contributed by atoms with van der Waals surface area (Å²) in [5.41, 5.74) is 7.34. The van der Waals surface area contributed by atoms with Gasteiger partial charge in [0.15, 0.2) is 23.2 Å². The highest BCUT2D eigenvalue weighted by Gasteiger charge is 2.44. The van der Waals surface area contributed by atoms with E-state index >= 15 is 0 Å². The van der Waals surface area contributed by atoms with Crippen LogP contribution >= 0.6 is 11.6 Å². The average molecular weight is 408 g/mol. The molecule has 4 rings (SSSR count). The first-order valence-corrected chi connectivity index (χ1v) is 8.83. The summed E-state index contributed by atoms with van der Waals surface area (Å²) in [4.78, 5) is 12.6. The van der Waals surface area contributed by atoms with Crippen LogP contribution in [0.5, 0.6) is 11.8 Å². The molecule has 0 spiro atoms. The molecule has 1 aromatic carbocycles. The van der Waals surface area contributed by atoms with E-state index in [0.29, 0.717) is 10.8 Å². The maximum absolute atomic E-state index is 10.3. The number of nitrogen functional groups attached to an aromatic ring is 1. The van der Waals surface area contributed by atoms with Crippen molar-refractivity contribution in [1.82, 2.24) is 19.5 Å². The van der Waals surface area contributed by atoms with Crippen LogP contribution in [0.3, 0.4) is 0 Å². The van der Waals surface area contributed by atoms with Gasteiger partial charge in [0.05, 0.1) is 12.9 Å². The van der Waals surface area contributed by atoms with E-state index in [1.807, 2.05) is 6.92 Å². The van der Waals surface area contributed by atoms with Crippen molar-refractivity contribution in [2.24, 2.45) is 0 Å². The summed E-state index contributed by atoms with van der Waals surface area (Å²) >= 11 is 6.02. The molecule has 3 aromatic rings. The predicted molar refractivity (Wildman–Crippen MR) is 99.0 cm³/mol. The third-order valence-electron chi connectivity index (χ3n) is 4.56. The van der Waals surface area contributed by atoms with Gasteiger partial charge in [-0.05, 0) is 30.7 Å². The maximum Gasteiger partial charge on any atom is 0.326 e. The van der Waals surface area contributed by atoms with Gasteiger partial charge < -0.3 is 30.5 Å². The Labute approximate surface area is 164 Å². The van der Waals surface area contributed by atoms with Crippen LogP contribution < -0.4 is 10.5 Å². The number of fused-ring (bicyclic) bond motifs is 1. The Bertz CT molecular complexity index is 1030. The third kappa shape index (κ3) is 3.15. The second-order valence-corrected chi connectivity index (χ2v) is 6.86. The van der Waals surface area contributed by atoms with Gasteiger partial charge in [0, 0.05) is 5.02 Å². The van der Waals surface area contributed by atoms with Crippen molar-refractivity contribution in [3.05, 3.63) is 35.1 Å². The van der Waals surface area contributed by atoms with E-state index in [2.05, 4.69) is 15.0 Å². The summed E-state index contributed by atoms with van der Waals surface area (Å²) in [6.07, 6.45) is -3.10. The number of imidazole rings is 1. The first-order valence-electron chi connectivity index (χ1n) is 8.45. The minimum Gasteiger partial charge on any atom is -0.424 e. The summed E-state index contributed by atoms with van der Waals surface area (Å²) in [5.74, 6) is 0.552. The number of aliphatic hydroxyl groups is 3. The van der Waals surface area contributed by atoms with Crippen LogP contribution in [-0.2, 0) is 4.74 Å². The summed E-state index contributed by atoms with van der Waals surface area (Å²) in [5, 5.41) is 30.1. The number of aromatic nitrogens is 4. The SMILES string of the molecule is Cc1cc(Oc2nc(N)c3ncn([C@@H]4O[C@H](CO)[C@@H](O)[C@H]4O)c3n2)ccc1Cl. The lowest BCUT2D eigenvalue weighted by molar-refractivity contribution is -0.0511. The van der Waals surface area contributed by atoms with E-state index in [1.54, 1.807) is 18.2 Å². The smallest absolute Gasteiger partial charge is 0.326 e. The molecule has 0 bridgehead atoms. The topological polar surface area (TPSA) is 149 Å². The number of aryl methyl sites for hydroxylation is 1. The van der Waals surface area contributed by atoms with Crippen molar-refractivity contribution in [2.75, 3.05) is 12.3 Å². The van der Waals surface area contributed by atoms with Gasteiger partial charge in [-0.1, -0.05) is 11.6 Å². The molecule has 0 amide bonds. The number of halogens is 1. The molecule has 4 atom stereocenters.